The van der Waals surface area contributed by atoms with Crippen molar-refractivity contribution in [1.29, 1.82) is 0 Å². The summed E-state index contributed by atoms with van der Waals surface area (Å²) in [5.74, 6) is 0. The topological polar surface area (TPSA) is 49.8 Å². The second-order valence-electron chi connectivity index (χ2n) is 4.35. The van der Waals surface area contributed by atoms with Gasteiger partial charge in [-0.3, -0.25) is 4.57 Å². The first kappa shape index (κ1) is 11.7. The van der Waals surface area contributed by atoms with Gasteiger partial charge in [-0.05, 0) is 17.7 Å². The summed E-state index contributed by atoms with van der Waals surface area (Å²) in [5.41, 5.74) is 0.764. The van der Waals surface area contributed by atoms with Gasteiger partial charge in [0.05, 0.1) is 6.61 Å². The molecule has 1 N–H and O–H groups in total. The van der Waals surface area contributed by atoms with Crippen molar-refractivity contribution in [1.82, 2.24) is 0 Å². The molecule has 0 radical (unpaired) electrons. The SMILES string of the molecule is O=P(O)(c1ccccc1)C1(c2ccccc2)CO1. The van der Waals surface area contributed by atoms with Gasteiger partial charge in [-0.1, -0.05) is 48.5 Å². The van der Waals surface area contributed by atoms with Crippen LogP contribution >= 0.6 is 7.37 Å². The average molecular weight is 260 g/mol. The Kier molecular flexibility index (Phi) is 2.63. The Hall–Kier alpha value is -1.41. The van der Waals surface area contributed by atoms with Crippen LogP contribution in [0.25, 0.3) is 0 Å². The van der Waals surface area contributed by atoms with Gasteiger partial charge < -0.3 is 9.63 Å². The van der Waals surface area contributed by atoms with Crippen molar-refractivity contribution < 1.29 is 14.2 Å². The van der Waals surface area contributed by atoms with E-state index in [0.29, 0.717) is 11.9 Å². The summed E-state index contributed by atoms with van der Waals surface area (Å²) in [6, 6.07) is 17.9. The molecule has 1 fully saturated rings. The van der Waals surface area contributed by atoms with Crippen LogP contribution in [0.2, 0.25) is 0 Å². The molecule has 92 valence electrons. The molecule has 2 aromatic rings. The van der Waals surface area contributed by atoms with E-state index in [2.05, 4.69) is 0 Å². The highest BCUT2D eigenvalue weighted by Crippen LogP contribution is 2.67. The van der Waals surface area contributed by atoms with Crippen molar-refractivity contribution in [3.63, 3.8) is 0 Å². The molecule has 0 bridgehead atoms. The third-order valence-corrected chi connectivity index (χ3v) is 5.73. The van der Waals surface area contributed by atoms with E-state index in [0.717, 1.165) is 5.56 Å². The molecule has 2 unspecified atom stereocenters. The van der Waals surface area contributed by atoms with Crippen molar-refractivity contribution in [3.8, 4) is 0 Å². The molecular formula is C14H13O3P. The number of epoxide rings is 1. The molecule has 1 aliphatic heterocycles. The maximum Gasteiger partial charge on any atom is 0.267 e. The van der Waals surface area contributed by atoms with Crippen LogP contribution in [0.1, 0.15) is 5.56 Å². The highest BCUT2D eigenvalue weighted by Gasteiger charge is 2.61. The lowest BCUT2D eigenvalue weighted by atomic mass is 10.2. The lowest BCUT2D eigenvalue weighted by Gasteiger charge is -2.20. The second-order valence-corrected chi connectivity index (χ2v) is 6.74. The maximum atomic E-state index is 12.7. The van der Waals surface area contributed by atoms with E-state index in [4.69, 9.17) is 4.74 Å². The Morgan fingerprint density at radius 2 is 1.50 bits per heavy atom. The molecule has 0 aromatic heterocycles. The quantitative estimate of drug-likeness (QED) is 0.681. The van der Waals surface area contributed by atoms with Crippen molar-refractivity contribution >= 4 is 12.7 Å². The first-order valence-corrected chi connectivity index (χ1v) is 7.41. The highest BCUT2D eigenvalue weighted by molar-refractivity contribution is 7.67. The molecule has 4 heteroatoms. The Morgan fingerprint density at radius 3 is 2.00 bits per heavy atom. The van der Waals surface area contributed by atoms with Gasteiger partial charge >= 0.3 is 0 Å². The van der Waals surface area contributed by atoms with E-state index in [1.165, 1.54) is 0 Å². The molecule has 2 atom stereocenters. The summed E-state index contributed by atoms with van der Waals surface area (Å²) >= 11 is 0. The Labute approximate surface area is 105 Å². The summed E-state index contributed by atoms with van der Waals surface area (Å²) in [7, 11) is -3.58. The van der Waals surface area contributed by atoms with Crippen LogP contribution < -0.4 is 5.30 Å². The number of ether oxygens (including phenoxy) is 1. The molecule has 1 aliphatic rings. The minimum absolute atomic E-state index is 0.291. The van der Waals surface area contributed by atoms with Crippen molar-refractivity contribution in [2.45, 2.75) is 5.34 Å². The highest BCUT2D eigenvalue weighted by atomic mass is 31.2. The lowest BCUT2D eigenvalue weighted by molar-refractivity contribution is 0.349. The third-order valence-electron chi connectivity index (χ3n) is 3.24. The summed E-state index contributed by atoms with van der Waals surface area (Å²) < 4.78 is 18.1. The third kappa shape index (κ3) is 1.64. The smallest absolute Gasteiger partial charge is 0.267 e. The molecule has 3 rings (SSSR count). The van der Waals surface area contributed by atoms with Gasteiger partial charge in [0.2, 0.25) is 0 Å². The van der Waals surface area contributed by atoms with E-state index in [1.54, 1.807) is 24.3 Å². The molecule has 1 heterocycles. The normalized spacial score (nSPS) is 25.4. The van der Waals surface area contributed by atoms with Crippen LogP contribution in [-0.4, -0.2) is 11.5 Å². The van der Waals surface area contributed by atoms with Crippen molar-refractivity contribution in [2.24, 2.45) is 0 Å². The summed E-state index contributed by atoms with van der Waals surface area (Å²) in [4.78, 5) is 10.5. The van der Waals surface area contributed by atoms with Crippen LogP contribution in [0.3, 0.4) is 0 Å². The molecule has 0 aliphatic carbocycles. The van der Waals surface area contributed by atoms with Crippen molar-refractivity contribution in [2.75, 3.05) is 6.61 Å². The number of rotatable bonds is 3. The summed E-state index contributed by atoms with van der Waals surface area (Å²) in [5, 5.41) is -0.610. The van der Waals surface area contributed by atoms with Crippen LogP contribution in [0.15, 0.2) is 60.7 Å². The van der Waals surface area contributed by atoms with E-state index >= 15 is 0 Å². The van der Waals surface area contributed by atoms with Gasteiger partial charge in [-0.2, -0.15) is 0 Å². The zero-order chi connectivity index (χ0) is 12.6. The van der Waals surface area contributed by atoms with Crippen LogP contribution in [0.4, 0.5) is 0 Å². The maximum absolute atomic E-state index is 12.7. The fourth-order valence-electron chi connectivity index (χ4n) is 2.12. The fraction of sp³-hybridized carbons (Fsp3) is 0.143. The number of hydrogen-bond acceptors (Lipinski definition) is 2. The zero-order valence-corrected chi connectivity index (χ0v) is 10.6. The molecule has 3 nitrogen and oxygen atoms in total. The predicted octanol–water partition coefficient (Wildman–Crippen LogP) is 2.47. The molecule has 18 heavy (non-hydrogen) atoms. The van der Waals surface area contributed by atoms with Crippen LogP contribution in [-0.2, 0) is 14.6 Å². The van der Waals surface area contributed by atoms with Gasteiger partial charge in [-0.25, -0.2) is 0 Å². The Morgan fingerprint density at radius 1 is 1.00 bits per heavy atom. The van der Waals surface area contributed by atoms with Crippen LogP contribution in [0, 0.1) is 0 Å². The standard InChI is InChI=1S/C14H13O3P/c15-18(16,13-9-5-2-6-10-13)14(11-17-14)12-7-3-1-4-8-12/h1-10H,11H2,(H,15,16). The van der Waals surface area contributed by atoms with Gasteiger partial charge in [0.25, 0.3) is 7.37 Å². The van der Waals surface area contributed by atoms with Gasteiger partial charge in [0.1, 0.15) is 0 Å². The van der Waals surface area contributed by atoms with Crippen LogP contribution in [0.5, 0.6) is 0 Å². The number of hydrogen-bond donors (Lipinski definition) is 1. The Balaban J connectivity index is 2.08. The fourth-order valence-corrected chi connectivity index (χ4v) is 4.03. The monoisotopic (exact) mass is 260 g/mol. The van der Waals surface area contributed by atoms with E-state index < -0.39 is 12.7 Å². The predicted molar refractivity (Wildman–Crippen MR) is 70.0 cm³/mol. The number of benzene rings is 2. The first-order chi connectivity index (χ1) is 8.67. The van der Waals surface area contributed by atoms with E-state index in [-0.39, 0.29) is 0 Å². The molecule has 0 amide bonds. The second kappa shape index (κ2) is 4.06. The lowest BCUT2D eigenvalue weighted by Crippen LogP contribution is -2.18. The minimum atomic E-state index is -3.58. The largest absolute Gasteiger partial charge is 0.353 e. The summed E-state index contributed by atoms with van der Waals surface area (Å²) in [6.07, 6.45) is 0. The molecule has 1 saturated heterocycles. The summed E-state index contributed by atoms with van der Waals surface area (Å²) in [6.45, 7) is 0.291. The van der Waals surface area contributed by atoms with Gasteiger partial charge in [0.15, 0.2) is 5.34 Å². The Bertz CT molecular complexity index is 591. The molecule has 2 aromatic carbocycles. The molecule has 0 spiro atoms. The molecule has 0 saturated carbocycles. The molecular weight excluding hydrogens is 247 g/mol. The first-order valence-electron chi connectivity index (χ1n) is 5.75. The van der Waals surface area contributed by atoms with Gasteiger partial charge in [-0.15, -0.1) is 0 Å². The zero-order valence-electron chi connectivity index (χ0n) is 9.69. The minimum Gasteiger partial charge on any atom is -0.353 e. The van der Waals surface area contributed by atoms with Gasteiger partial charge in [0, 0.05) is 5.30 Å². The van der Waals surface area contributed by atoms with E-state index in [1.807, 2.05) is 36.4 Å². The van der Waals surface area contributed by atoms with Crippen molar-refractivity contribution in [3.05, 3.63) is 66.2 Å². The average Bonchev–Trinajstić information content (AvgIpc) is 3.23. The van der Waals surface area contributed by atoms with E-state index in [9.17, 15) is 9.46 Å².